The minimum Gasteiger partial charge on any atom is -0.450 e. The fraction of sp³-hybridized carbons (Fsp3) is 0.933. The maximum absolute atomic E-state index is 11.5. The Bertz CT molecular complexity index is 394. The van der Waals surface area contributed by atoms with E-state index in [0.717, 1.165) is 12.8 Å². The van der Waals surface area contributed by atoms with Crippen LogP contribution in [-0.2, 0) is 14.6 Å². The molecule has 1 aliphatic rings. The van der Waals surface area contributed by atoms with Gasteiger partial charge in [-0.2, -0.15) is 0 Å². The van der Waals surface area contributed by atoms with E-state index in [2.05, 4.69) is 12.2 Å². The zero-order valence-corrected chi connectivity index (χ0v) is 13.9. The molecule has 0 aliphatic carbocycles. The standard InChI is InChI=1S/C15H29NO4S/c1-2-3-4-5-6-7-8-10-20-15(17)16-12-14-9-11-21(18,19)13-14/h14H,2-13H2,1H3,(H,16,17). The van der Waals surface area contributed by atoms with Crippen molar-refractivity contribution in [3.8, 4) is 0 Å². The second-order valence-corrected chi connectivity index (χ2v) is 8.14. The summed E-state index contributed by atoms with van der Waals surface area (Å²) in [6.07, 6.45) is 8.52. The van der Waals surface area contributed by atoms with Gasteiger partial charge in [0.25, 0.3) is 0 Å². The van der Waals surface area contributed by atoms with Crippen LogP contribution in [0.3, 0.4) is 0 Å². The van der Waals surface area contributed by atoms with E-state index in [4.69, 9.17) is 4.74 Å². The van der Waals surface area contributed by atoms with Crippen molar-refractivity contribution in [2.45, 2.75) is 58.3 Å². The third kappa shape index (κ3) is 8.96. The van der Waals surface area contributed by atoms with Gasteiger partial charge in [0.15, 0.2) is 9.84 Å². The Morgan fingerprint density at radius 1 is 1.14 bits per heavy atom. The van der Waals surface area contributed by atoms with Crippen molar-refractivity contribution < 1.29 is 17.9 Å². The molecule has 0 spiro atoms. The normalized spacial score (nSPS) is 20.3. The third-order valence-corrected chi connectivity index (χ3v) is 5.68. The van der Waals surface area contributed by atoms with E-state index in [0.29, 0.717) is 19.6 Å². The molecule has 124 valence electrons. The number of nitrogens with one attached hydrogen (secondary N) is 1. The molecule has 0 radical (unpaired) electrons. The third-order valence-electron chi connectivity index (χ3n) is 3.84. The number of rotatable bonds is 10. The van der Waals surface area contributed by atoms with Gasteiger partial charge >= 0.3 is 6.09 Å². The van der Waals surface area contributed by atoms with Gasteiger partial charge in [0, 0.05) is 6.54 Å². The highest BCUT2D eigenvalue weighted by Crippen LogP contribution is 2.17. The van der Waals surface area contributed by atoms with Crippen molar-refractivity contribution in [2.24, 2.45) is 5.92 Å². The van der Waals surface area contributed by atoms with Gasteiger partial charge in [0.1, 0.15) is 0 Å². The van der Waals surface area contributed by atoms with Crippen LogP contribution in [-0.4, -0.2) is 39.2 Å². The van der Waals surface area contributed by atoms with E-state index >= 15 is 0 Å². The molecule has 1 aliphatic heterocycles. The van der Waals surface area contributed by atoms with Gasteiger partial charge in [-0.1, -0.05) is 45.4 Å². The molecule has 0 aromatic heterocycles. The van der Waals surface area contributed by atoms with Crippen molar-refractivity contribution >= 4 is 15.9 Å². The predicted molar refractivity (Wildman–Crippen MR) is 84.1 cm³/mol. The molecule has 1 fully saturated rings. The van der Waals surface area contributed by atoms with Crippen LogP contribution in [0.2, 0.25) is 0 Å². The number of hydrogen-bond donors (Lipinski definition) is 1. The lowest BCUT2D eigenvalue weighted by molar-refractivity contribution is 0.142. The summed E-state index contributed by atoms with van der Waals surface area (Å²) in [5.74, 6) is 0.471. The molecule has 1 N–H and O–H groups in total. The molecule has 1 atom stereocenters. The van der Waals surface area contributed by atoms with Crippen molar-refractivity contribution in [2.75, 3.05) is 24.7 Å². The Kier molecular flexibility index (Phi) is 8.73. The number of sulfone groups is 1. The summed E-state index contributed by atoms with van der Waals surface area (Å²) in [5.41, 5.74) is 0. The monoisotopic (exact) mass is 319 g/mol. The van der Waals surface area contributed by atoms with Gasteiger partial charge in [-0.25, -0.2) is 13.2 Å². The summed E-state index contributed by atoms with van der Waals surface area (Å²) in [6.45, 7) is 3.05. The van der Waals surface area contributed by atoms with Gasteiger partial charge in [0.2, 0.25) is 0 Å². The zero-order valence-electron chi connectivity index (χ0n) is 13.1. The van der Waals surface area contributed by atoms with Crippen molar-refractivity contribution in [1.29, 1.82) is 0 Å². The van der Waals surface area contributed by atoms with Crippen molar-refractivity contribution in [1.82, 2.24) is 5.32 Å². The van der Waals surface area contributed by atoms with Gasteiger partial charge in [0.05, 0.1) is 18.1 Å². The molecule has 6 heteroatoms. The van der Waals surface area contributed by atoms with Crippen molar-refractivity contribution in [3.05, 3.63) is 0 Å². The van der Waals surface area contributed by atoms with Crippen LogP contribution in [0.5, 0.6) is 0 Å². The largest absolute Gasteiger partial charge is 0.450 e. The maximum Gasteiger partial charge on any atom is 0.407 e. The average Bonchev–Trinajstić information content (AvgIpc) is 2.79. The van der Waals surface area contributed by atoms with Gasteiger partial charge in [-0.15, -0.1) is 0 Å². The van der Waals surface area contributed by atoms with Gasteiger partial charge in [-0.05, 0) is 18.8 Å². The first-order valence-corrected chi connectivity index (χ1v) is 9.96. The SMILES string of the molecule is CCCCCCCCCOC(=O)NCC1CCS(=O)(=O)C1. The van der Waals surface area contributed by atoms with E-state index in [9.17, 15) is 13.2 Å². The first-order valence-electron chi connectivity index (χ1n) is 8.14. The van der Waals surface area contributed by atoms with E-state index in [-0.39, 0.29) is 17.4 Å². The second kappa shape index (κ2) is 10.0. The lowest BCUT2D eigenvalue weighted by Crippen LogP contribution is -2.30. The Balaban J connectivity index is 1.92. The molecular formula is C15H29NO4S. The number of hydrogen-bond acceptors (Lipinski definition) is 4. The fourth-order valence-corrected chi connectivity index (χ4v) is 4.40. The summed E-state index contributed by atoms with van der Waals surface area (Å²) in [5, 5.41) is 2.66. The second-order valence-electron chi connectivity index (χ2n) is 5.91. The lowest BCUT2D eigenvalue weighted by atomic mass is 10.1. The maximum atomic E-state index is 11.5. The Labute approximate surface area is 128 Å². The van der Waals surface area contributed by atoms with E-state index in [1.807, 2.05) is 0 Å². The minimum atomic E-state index is -2.87. The topological polar surface area (TPSA) is 72.5 Å². The molecule has 1 amide bonds. The zero-order chi connectivity index (χ0) is 15.6. The fourth-order valence-electron chi connectivity index (χ4n) is 2.54. The quantitative estimate of drug-likeness (QED) is 0.628. The minimum absolute atomic E-state index is 0.0427. The van der Waals surface area contributed by atoms with Gasteiger partial charge in [-0.3, -0.25) is 0 Å². The number of alkyl carbamates (subject to hydrolysis) is 1. The smallest absolute Gasteiger partial charge is 0.407 e. The van der Waals surface area contributed by atoms with Crippen LogP contribution in [0.25, 0.3) is 0 Å². The van der Waals surface area contributed by atoms with Crippen LogP contribution in [0.4, 0.5) is 4.79 Å². The van der Waals surface area contributed by atoms with Crippen LogP contribution < -0.4 is 5.32 Å². The van der Waals surface area contributed by atoms with Crippen LogP contribution >= 0.6 is 0 Å². The summed E-state index contributed by atoms with van der Waals surface area (Å²) in [6, 6.07) is 0. The average molecular weight is 319 g/mol. The number of amides is 1. The predicted octanol–water partition coefficient (Wildman–Crippen LogP) is 2.90. The molecule has 0 saturated carbocycles. The molecule has 5 nitrogen and oxygen atoms in total. The summed E-state index contributed by atoms with van der Waals surface area (Å²) >= 11 is 0. The molecule has 21 heavy (non-hydrogen) atoms. The highest BCUT2D eigenvalue weighted by Gasteiger charge is 2.27. The number of ether oxygens (including phenoxy) is 1. The summed E-state index contributed by atoms with van der Waals surface area (Å²) in [7, 11) is -2.87. The van der Waals surface area contributed by atoms with E-state index < -0.39 is 15.9 Å². The molecule has 1 heterocycles. The molecule has 1 rings (SSSR count). The Morgan fingerprint density at radius 2 is 1.81 bits per heavy atom. The Morgan fingerprint density at radius 3 is 2.43 bits per heavy atom. The number of carbonyl (C=O) groups is 1. The summed E-state index contributed by atoms with van der Waals surface area (Å²) in [4.78, 5) is 11.5. The highest BCUT2D eigenvalue weighted by molar-refractivity contribution is 7.91. The molecule has 0 aromatic rings. The van der Waals surface area contributed by atoms with Crippen molar-refractivity contribution in [3.63, 3.8) is 0 Å². The molecule has 1 saturated heterocycles. The van der Waals surface area contributed by atoms with Crippen LogP contribution in [0.1, 0.15) is 58.3 Å². The first-order chi connectivity index (χ1) is 10.0. The highest BCUT2D eigenvalue weighted by atomic mass is 32.2. The van der Waals surface area contributed by atoms with Crippen LogP contribution in [0, 0.1) is 5.92 Å². The first kappa shape index (κ1) is 18.3. The molecule has 0 bridgehead atoms. The summed E-state index contributed by atoms with van der Waals surface area (Å²) < 4.78 is 27.6. The van der Waals surface area contributed by atoms with Gasteiger partial charge < -0.3 is 10.1 Å². The van der Waals surface area contributed by atoms with E-state index in [1.54, 1.807) is 0 Å². The van der Waals surface area contributed by atoms with Crippen LogP contribution in [0.15, 0.2) is 0 Å². The number of carbonyl (C=O) groups excluding carboxylic acids is 1. The van der Waals surface area contributed by atoms with E-state index in [1.165, 1.54) is 32.1 Å². The molecule has 0 aromatic carbocycles. The molecular weight excluding hydrogens is 290 g/mol. The molecule has 1 unspecified atom stereocenters. The lowest BCUT2D eigenvalue weighted by Gasteiger charge is -2.10. The Hall–Kier alpha value is -0.780. The number of unbranched alkanes of at least 4 members (excludes halogenated alkanes) is 6.